The normalized spacial score (nSPS) is 15.1. The average molecular weight is 416 g/mol. The molecule has 1 aromatic carbocycles. The first kappa shape index (κ1) is 23.5. The third-order valence-electron chi connectivity index (χ3n) is 5.12. The number of methoxy groups -OCH3 is 1. The van der Waals surface area contributed by atoms with Crippen LogP contribution >= 0.6 is 0 Å². The van der Waals surface area contributed by atoms with Gasteiger partial charge in [0.15, 0.2) is 0 Å². The third kappa shape index (κ3) is 4.69. The molecule has 0 saturated carbocycles. The first-order valence-electron chi connectivity index (χ1n) is 10.3. The Hall–Kier alpha value is -2.76. The maximum Gasteiger partial charge on any atom is 0.336 e. The summed E-state index contributed by atoms with van der Waals surface area (Å²) in [7, 11) is 1.64. The molecule has 30 heavy (non-hydrogen) atoms. The zero-order valence-electron chi connectivity index (χ0n) is 19.3. The first-order chi connectivity index (χ1) is 14.1. The molecule has 164 valence electrons. The van der Waals surface area contributed by atoms with Gasteiger partial charge in [0.05, 0.1) is 37.4 Å². The highest BCUT2D eigenvalue weighted by molar-refractivity contribution is 5.99. The fourth-order valence-electron chi connectivity index (χ4n) is 3.78. The van der Waals surface area contributed by atoms with Crippen molar-refractivity contribution in [3.05, 3.63) is 51.9 Å². The molecule has 0 aliphatic carbocycles. The smallest absolute Gasteiger partial charge is 0.336 e. The molecule has 0 saturated heterocycles. The van der Waals surface area contributed by atoms with Gasteiger partial charge < -0.3 is 19.5 Å². The Morgan fingerprint density at radius 2 is 1.47 bits per heavy atom. The second-order valence-electron chi connectivity index (χ2n) is 8.29. The quantitative estimate of drug-likeness (QED) is 0.696. The predicted octanol–water partition coefficient (Wildman–Crippen LogP) is 4.35. The number of carbonyl (C=O) groups is 2. The molecule has 1 aliphatic heterocycles. The van der Waals surface area contributed by atoms with Gasteiger partial charge >= 0.3 is 11.9 Å². The molecule has 2 rings (SSSR count). The van der Waals surface area contributed by atoms with Crippen LogP contribution in [0.15, 0.2) is 40.7 Å². The molecule has 1 aromatic rings. The zero-order chi connectivity index (χ0) is 22.6. The largest absolute Gasteiger partial charge is 0.496 e. The fraction of sp³-hybridized carbons (Fsp3) is 0.500. The summed E-state index contributed by atoms with van der Waals surface area (Å²) < 4.78 is 16.2. The minimum atomic E-state index is -0.601. The Bertz CT molecular complexity index is 849. The minimum Gasteiger partial charge on any atom is -0.496 e. The van der Waals surface area contributed by atoms with Gasteiger partial charge in [-0.05, 0) is 50.3 Å². The number of ether oxygens (including phenoxy) is 3. The number of carbonyl (C=O) groups excluding carboxylic acids is 2. The number of hydrogen-bond donors (Lipinski definition) is 1. The summed E-state index contributed by atoms with van der Waals surface area (Å²) >= 11 is 0. The summed E-state index contributed by atoms with van der Waals surface area (Å²) in [5.74, 6) is -0.738. The van der Waals surface area contributed by atoms with Crippen molar-refractivity contribution in [2.24, 2.45) is 0 Å². The van der Waals surface area contributed by atoms with Crippen LogP contribution < -0.4 is 10.1 Å². The van der Waals surface area contributed by atoms with Crippen LogP contribution in [-0.4, -0.2) is 32.3 Å². The van der Waals surface area contributed by atoms with E-state index in [0.717, 1.165) is 16.9 Å². The SMILES string of the molecule is CCOC(=O)C1=C(C)NC(C)=C(C(=O)OCC)C1c1ccc(OC)c(C(C)(C)C)c1. The lowest BCUT2D eigenvalue weighted by molar-refractivity contribution is -0.139. The average Bonchev–Trinajstić information content (AvgIpc) is 2.66. The molecule has 1 aliphatic rings. The van der Waals surface area contributed by atoms with Crippen LogP contribution in [-0.2, 0) is 24.5 Å². The highest BCUT2D eigenvalue weighted by Crippen LogP contribution is 2.42. The predicted molar refractivity (Wildman–Crippen MR) is 116 cm³/mol. The van der Waals surface area contributed by atoms with E-state index in [2.05, 4.69) is 26.1 Å². The lowest BCUT2D eigenvalue weighted by atomic mass is 9.77. The molecule has 0 amide bonds. The van der Waals surface area contributed by atoms with Crippen molar-refractivity contribution < 1.29 is 23.8 Å². The summed E-state index contributed by atoms with van der Waals surface area (Å²) in [6.45, 7) is 13.9. The Morgan fingerprint density at radius 1 is 0.967 bits per heavy atom. The summed E-state index contributed by atoms with van der Waals surface area (Å²) in [6, 6.07) is 5.78. The molecule has 6 nitrogen and oxygen atoms in total. The molecule has 6 heteroatoms. The van der Waals surface area contributed by atoms with Crippen LogP contribution in [0.1, 0.15) is 65.5 Å². The van der Waals surface area contributed by atoms with Crippen LogP contribution in [0.2, 0.25) is 0 Å². The summed E-state index contributed by atoms with van der Waals surface area (Å²) in [6.07, 6.45) is 0. The van der Waals surface area contributed by atoms with Gasteiger partial charge in [-0.3, -0.25) is 0 Å². The van der Waals surface area contributed by atoms with Crippen LogP contribution in [0.25, 0.3) is 0 Å². The van der Waals surface area contributed by atoms with Gasteiger partial charge in [0, 0.05) is 11.4 Å². The Morgan fingerprint density at radius 3 is 1.87 bits per heavy atom. The van der Waals surface area contributed by atoms with E-state index in [9.17, 15) is 9.59 Å². The number of hydrogen-bond acceptors (Lipinski definition) is 6. The maximum atomic E-state index is 12.9. The van der Waals surface area contributed by atoms with Gasteiger partial charge in [0.25, 0.3) is 0 Å². The lowest BCUT2D eigenvalue weighted by Crippen LogP contribution is -2.32. The van der Waals surface area contributed by atoms with E-state index >= 15 is 0 Å². The Balaban J connectivity index is 2.77. The number of rotatable bonds is 6. The molecule has 1 N–H and O–H groups in total. The lowest BCUT2D eigenvalue weighted by Gasteiger charge is -2.31. The van der Waals surface area contributed by atoms with Crippen molar-refractivity contribution >= 4 is 11.9 Å². The molecule has 0 unspecified atom stereocenters. The summed E-state index contributed by atoms with van der Waals surface area (Å²) in [4.78, 5) is 25.8. The zero-order valence-corrected chi connectivity index (χ0v) is 19.3. The molecule has 0 bridgehead atoms. The molecule has 0 spiro atoms. The van der Waals surface area contributed by atoms with Crippen LogP contribution in [0, 0.1) is 0 Å². The molecule has 1 heterocycles. The van der Waals surface area contributed by atoms with Crippen LogP contribution in [0.4, 0.5) is 0 Å². The van der Waals surface area contributed by atoms with Gasteiger partial charge in [-0.1, -0.05) is 32.9 Å². The van der Waals surface area contributed by atoms with E-state index in [-0.39, 0.29) is 18.6 Å². The molecule has 0 radical (unpaired) electrons. The molecule has 0 aromatic heterocycles. The maximum absolute atomic E-state index is 12.9. The molecular formula is C24H33NO5. The van der Waals surface area contributed by atoms with E-state index in [1.807, 2.05) is 32.0 Å². The highest BCUT2D eigenvalue weighted by atomic mass is 16.5. The van der Waals surface area contributed by atoms with E-state index < -0.39 is 17.9 Å². The Labute approximate surface area is 179 Å². The van der Waals surface area contributed by atoms with Gasteiger partial charge in [-0.2, -0.15) is 0 Å². The number of dihydropyridines is 1. The van der Waals surface area contributed by atoms with Crippen LogP contribution in [0.3, 0.4) is 0 Å². The third-order valence-corrected chi connectivity index (χ3v) is 5.12. The summed E-state index contributed by atoms with van der Waals surface area (Å²) in [5.41, 5.74) is 3.76. The number of benzene rings is 1. The van der Waals surface area contributed by atoms with Crippen molar-refractivity contribution in [1.82, 2.24) is 5.32 Å². The van der Waals surface area contributed by atoms with E-state index in [4.69, 9.17) is 14.2 Å². The molecule has 0 atom stereocenters. The monoisotopic (exact) mass is 415 g/mol. The van der Waals surface area contributed by atoms with Crippen molar-refractivity contribution in [2.75, 3.05) is 20.3 Å². The van der Waals surface area contributed by atoms with Crippen molar-refractivity contribution in [2.45, 2.75) is 59.8 Å². The van der Waals surface area contributed by atoms with Crippen LogP contribution in [0.5, 0.6) is 5.75 Å². The first-order valence-corrected chi connectivity index (χ1v) is 10.3. The van der Waals surface area contributed by atoms with Gasteiger partial charge in [-0.25, -0.2) is 9.59 Å². The second kappa shape index (κ2) is 9.37. The van der Waals surface area contributed by atoms with Crippen molar-refractivity contribution in [1.29, 1.82) is 0 Å². The molecule has 0 fully saturated rings. The molecular weight excluding hydrogens is 382 g/mol. The minimum absolute atomic E-state index is 0.194. The standard InChI is InChI=1S/C24H33NO5/c1-9-29-22(26)19-14(3)25-15(4)20(23(27)30-10-2)21(19)16-11-12-18(28-8)17(13-16)24(5,6)7/h11-13,21,25H,9-10H2,1-8H3. The van der Waals surface area contributed by atoms with Crippen molar-refractivity contribution in [3.8, 4) is 5.75 Å². The van der Waals surface area contributed by atoms with Gasteiger partial charge in [-0.15, -0.1) is 0 Å². The topological polar surface area (TPSA) is 73.9 Å². The van der Waals surface area contributed by atoms with E-state index in [1.165, 1.54) is 0 Å². The van der Waals surface area contributed by atoms with Gasteiger partial charge in [0.1, 0.15) is 5.75 Å². The summed E-state index contributed by atoms with van der Waals surface area (Å²) in [5, 5.41) is 3.16. The number of esters is 2. The number of allylic oxidation sites excluding steroid dienone is 2. The fourth-order valence-corrected chi connectivity index (χ4v) is 3.78. The highest BCUT2D eigenvalue weighted by Gasteiger charge is 2.38. The van der Waals surface area contributed by atoms with E-state index in [0.29, 0.717) is 22.5 Å². The van der Waals surface area contributed by atoms with E-state index in [1.54, 1.807) is 21.0 Å². The van der Waals surface area contributed by atoms with Crippen molar-refractivity contribution in [3.63, 3.8) is 0 Å². The van der Waals surface area contributed by atoms with Gasteiger partial charge in [0.2, 0.25) is 0 Å². The number of nitrogens with one attached hydrogen (secondary N) is 1. The second-order valence-corrected chi connectivity index (χ2v) is 8.29. The Kier molecular flexibility index (Phi) is 7.34.